The Labute approximate surface area is 191 Å². The molecule has 5 nitrogen and oxygen atoms in total. The van der Waals surface area contributed by atoms with Crippen LogP contribution < -0.4 is 0 Å². The molecule has 2 heterocycles. The minimum Gasteiger partial charge on any atom is -0.508 e. The molecule has 3 aromatic carbocycles. The maximum atomic E-state index is 11.0. The molecule has 0 aliphatic heterocycles. The summed E-state index contributed by atoms with van der Waals surface area (Å²) in [6.07, 6.45) is 2.24. The van der Waals surface area contributed by atoms with E-state index in [0.717, 1.165) is 16.7 Å². The molecule has 2 aromatic heterocycles. The Morgan fingerprint density at radius 1 is 0.818 bits per heavy atom. The first-order chi connectivity index (χ1) is 16.1. The highest BCUT2D eigenvalue weighted by molar-refractivity contribution is 5.66. The van der Waals surface area contributed by atoms with E-state index in [4.69, 9.17) is 9.97 Å². The van der Waals surface area contributed by atoms with E-state index in [2.05, 4.69) is 11.8 Å². The van der Waals surface area contributed by atoms with Gasteiger partial charge in [0.25, 0.3) is 0 Å². The van der Waals surface area contributed by atoms with Gasteiger partial charge in [0.05, 0.1) is 5.69 Å². The molecule has 0 aliphatic rings. The molecule has 0 saturated carbocycles. The van der Waals surface area contributed by atoms with Gasteiger partial charge in [-0.05, 0) is 54.8 Å². The van der Waals surface area contributed by atoms with Crippen LogP contribution in [0.1, 0.15) is 28.1 Å². The molecule has 2 N–H and O–H groups in total. The van der Waals surface area contributed by atoms with Crippen molar-refractivity contribution in [1.29, 1.82) is 0 Å². The zero-order valence-corrected chi connectivity index (χ0v) is 18.0. The molecule has 0 atom stereocenters. The normalized spacial score (nSPS) is 10.7. The van der Waals surface area contributed by atoms with E-state index in [9.17, 15) is 10.2 Å². The molecule has 0 spiro atoms. The van der Waals surface area contributed by atoms with Crippen LogP contribution in [-0.4, -0.2) is 24.6 Å². The fraction of sp³-hybridized carbons (Fsp3) is 0.0714. The second-order valence-corrected chi connectivity index (χ2v) is 7.88. The van der Waals surface area contributed by atoms with E-state index in [1.165, 1.54) is 5.56 Å². The SMILES string of the molecule is Cc1ccc(Cc2nc3c(C#Cc4ccccc4)nc(-c4ccc(O)cc4)cn3c2O)cc1. The van der Waals surface area contributed by atoms with Crippen LogP contribution in [0.2, 0.25) is 0 Å². The lowest BCUT2D eigenvalue weighted by molar-refractivity contribution is 0.442. The third kappa shape index (κ3) is 4.28. The van der Waals surface area contributed by atoms with Crippen molar-refractivity contribution in [2.75, 3.05) is 0 Å². The molecule has 0 unspecified atom stereocenters. The quantitative estimate of drug-likeness (QED) is 0.390. The number of nitrogens with zero attached hydrogens (tertiary/aromatic N) is 3. The van der Waals surface area contributed by atoms with E-state index >= 15 is 0 Å². The van der Waals surface area contributed by atoms with Crippen LogP contribution >= 0.6 is 0 Å². The number of imidazole rings is 1. The summed E-state index contributed by atoms with van der Waals surface area (Å²) < 4.78 is 1.63. The second-order valence-electron chi connectivity index (χ2n) is 7.88. The largest absolute Gasteiger partial charge is 0.508 e. The molecule has 5 rings (SSSR count). The summed E-state index contributed by atoms with van der Waals surface area (Å²) in [6, 6.07) is 24.6. The summed E-state index contributed by atoms with van der Waals surface area (Å²) in [6.45, 7) is 2.04. The van der Waals surface area contributed by atoms with Crippen LogP contribution in [0.15, 0.2) is 85.1 Å². The Morgan fingerprint density at radius 3 is 2.27 bits per heavy atom. The molecule has 0 aliphatic carbocycles. The van der Waals surface area contributed by atoms with Crippen LogP contribution in [-0.2, 0) is 6.42 Å². The number of aromatic nitrogens is 3. The maximum absolute atomic E-state index is 11.0. The number of aryl methyl sites for hydroxylation is 1. The highest BCUT2D eigenvalue weighted by Gasteiger charge is 2.17. The molecule has 0 bridgehead atoms. The molecule has 160 valence electrons. The van der Waals surface area contributed by atoms with Crippen molar-refractivity contribution in [2.24, 2.45) is 0 Å². The number of fused-ring (bicyclic) bond motifs is 1. The molecule has 0 saturated heterocycles. The van der Waals surface area contributed by atoms with Gasteiger partial charge in [-0.25, -0.2) is 9.97 Å². The Morgan fingerprint density at radius 2 is 1.55 bits per heavy atom. The van der Waals surface area contributed by atoms with Crippen molar-refractivity contribution < 1.29 is 10.2 Å². The first-order valence-corrected chi connectivity index (χ1v) is 10.6. The minimum absolute atomic E-state index is 0.0655. The maximum Gasteiger partial charge on any atom is 0.219 e. The highest BCUT2D eigenvalue weighted by atomic mass is 16.3. The third-order valence-electron chi connectivity index (χ3n) is 5.41. The predicted molar refractivity (Wildman–Crippen MR) is 128 cm³/mol. The lowest BCUT2D eigenvalue weighted by atomic mass is 10.1. The van der Waals surface area contributed by atoms with Crippen molar-refractivity contribution in [3.8, 4) is 34.7 Å². The number of phenols is 1. The molecule has 33 heavy (non-hydrogen) atoms. The number of benzene rings is 3. The van der Waals surface area contributed by atoms with E-state index < -0.39 is 0 Å². The van der Waals surface area contributed by atoms with Gasteiger partial charge >= 0.3 is 0 Å². The Bertz CT molecular complexity index is 1490. The smallest absolute Gasteiger partial charge is 0.219 e. The van der Waals surface area contributed by atoms with E-state index in [-0.39, 0.29) is 11.6 Å². The van der Waals surface area contributed by atoms with Gasteiger partial charge in [0.2, 0.25) is 5.88 Å². The molecule has 5 aromatic rings. The van der Waals surface area contributed by atoms with Gasteiger partial charge in [-0.3, -0.25) is 4.40 Å². The summed E-state index contributed by atoms with van der Waals surface area (Å²) in [7, 11) is 0. The summed E-state index contributed by atoms with van der Waals surface area (Å²) in [5, 5.41) is 20.7. The lowest BCUT2D eigenvalue weighted by Crippen LogP contribution is -1.96. The van der Waals surface area contributed by atoms with E-state index in [1.807, 2.05) is 61.5 Å². The fourth-order valence-corrected chi connectivity index (χ4v) is 3.61. The molecule has 0 radical (unpaired) electrons. The van der Waals surface area contributed by atoms with Crippen molar-refractivity contribution in [3.05, 3.63) is 113 Å². The molecular formula is C28H21N3O2. The fourth-order valence-electron chi connectivity index (χ4n) is 3.61. The summed E-state index contributed by atoms with van der Waals surface area (Å²) >= 11 is 0. The Hall–Kier alpha value is -4.56. The van der Waals surface area contributed by atoms with Crippen molar-refractivity contribution in [1.82, 2.24) is 14.4 Å². The first kappa shape index (κ1) is 20.3. The van der Waals surface area contributed by atoms with Crippen molar-refractivity contribution in [3.63, 3.8) is 0 Å². The van der Waals surface area contributed by atoms with Gasteiger partial charge in [-0.1, -0.05) is 53.9 Å². The van der Waals surface area contributed by atoms with Gasteiger partial charge in [0, 0.05) is 23.7 Å². The number of hydrogen-bond donors (Lipinski definition) is 2. The number of hydrogen-bond acceptors (Lipinski definition) is 4. The standard InChI is InChI=1S/C28H21N3O2/c1-19-7-9-21(10-8-19)17-25-28(33)31-18-26(22-12-14-23(32)15-13-22)29-24(27(31)30-25)16-11-20-5-3-2-4-6-20/h2-10,12-15,18,32-33H,17H2,1H3. The predicted octanol–water partition coefficient (Wildman–Crippen LogP) is 5.11. The Kier molecular flexibility index (Phi) is 5.26. The van der Waals surface area contributed by atoms with Crippen LogP contribution in [0.4, 0.5) is 0 Å². The lowest BCUT2D eigenvalue weighted by Gasteiger charge is -2.05. The molecule has 5 heteroatoms. The van der Waals surface area contributed by atoms with Gasteiger partial charge in [-0.15, -0.1) is 0 Å². The zero-order valence-electron chi connectivity index (χ0n) is 18.0. The van der Waals surface area contributed by atoms with Gasteiger partial charge in [0.1, 0.15) is 11.4 Å². The Balaban J connectivity index is 1.65. The molecule has 0 fully saturated rings. The van der Waals surface area contributed by atoms with Gasteiger partial charge < -0.3 is 10.2 Å². The van der Waals surface area contributed by atoms with E-state index in [0.29, 0.717) is 29.1 Å². The van der Waals surface area contributed by atoms with Crippen molar-refractivity contribution >= 4 is 5.65 Å². The van der Waals surface area contributed by atoms with Crippen LogP contribution in [0.25, 0.3) is 16.9 Å². The van der Waals surface area contributed by atoms with Gasteiger partial charge in [-0.2, -0.15) is 0 Å². The topological polar surface area (TPSA) is 70.7 Å². The number of phenolic OH excluding ortho intramolecular Hbond substituents is 1. The molecular weight excluding hydrogens is 410 g/mol. The highest BCUT2D eigenvalue weighted by Crippen LogP contribution is 2.27. The van der Waals surface area contributed by atoms with E-state index in [1.54, 1.807) is 34.9 Å². The van der Waals surface area contributed by atoms with Gasteiger partial charge in [0.15, 0.2) is 11.3 Å². The number of rotatable bonds is 3. The monoisotopic (exact) mass is 431 g/mol. The number of aromatic hydroxyl groups is 2. The zero-order chi connectivity index (χ0) is 22.8. The van der Waals surface area contributed by atoms with Crippen molar-refractivity contribution in [2.45, 2.75) is 13.3 Å². The van der Waals surface area contributed by atoms with Crippen LogP contribution in [0.5, 0.6) is 11.6 Å². The summed E-state index contributed by atoms with van der Waals surface area (Å²) in [5.74, 6) is 6.51. The van der Waals surface area contributed by atoms with Crippen LogP contribution in [0, 0.1) is 18.8 Å². The average molecular weight is 431 g/mol. The summed E-state index contributed by atoms with van der Waals surface area (Å²) in [5.41, 5.74) is 6.05. The molecule has 0 amide bonds. The van der Waals surface area contributed by atoms with Crippen LogP contribution in [0.3, 0.4) is 0 Å². The first-order valence-electron chi connectivity index (χ1n) is 10.6. The minimum atomic E-state index is 0.0655. The third-order valence-corrected chi connectivity index (χ3v) is 5.41. The second kappa shape index (κ2) is 8.52. The average Bonchev–Trinajstić information content (AvgIpc) is 3.15. The summed E-state index contributed by atoms with van der Waals surface area (Å²) in [4.78, 5) is 9.44.